The van der Waals surface area contributed by atoms with Crippen molar-refractivity contribution in [2.45, 2.75) is 6.42 Å². The number of hydrogen-bond donors (Lipinski definition) is 0. The smallest absolute Gasteiger partial charge is 0.336 e. The van der Waals surface area contributed by atoms with Gasteiger partial charge < -0.3 is 9.32 Å². The number of nitrogens with zero attached hydrogens (tertiary/aromatic N) is 1. The third-order valence-electron chi connectivity index (χ3n) is 3.40. The van der Waals surface area contributed by atoms with Crippen LogP contribution in [0.1, 0.15) is 6.42 Å². The summed E-state index contributed by atoms with van der Waals surface area (Å²) in [6.45, 7) is 4.39. The number of benzene rings is 1. The molecule has 1 saturated heterocycles. The molecule has 3 rings (SSSR count). The molecule has 1 aliphatic rings. The van der Waals surface area contributed by atoms with Gasteiger partial charge in [0.1, 0.15) is 5.58 Å². The average Bonchev–Trinajstić information content (AvgIpc) is 2.79. The second-order valence-corrected chi connectivity index (χ2v) is 4.68. The van der Waals surface area contributed by atoms with Crippen LogP contribution in [-0.4, -0.2) is 12.5 Å². The van der Waals surface area contributed by atoms with E-state index in [-0.39, 0.29) is 17.5 Å². The van der Waals surface area contributed by atoms with Crippen LogP contribution in [0, 0.1) is 5.92 Å². The lowest BCUT2D eigenvalue weighted by atomic mass is 10.1. The van der Waals surface area contributed by atoms with Gasteiger partial charge in [0.15, 0.2) is 0 Å². The summed E-state index contributed by atoms with van der Waals surface area (Å²) in [5.74, 6) is 0.304. The number of carbonyl (C=O) groups is 1. The molecule has 0 saturated carbocycles. The summed E-state index contributed by atoms with van der Waals surface area (Å²) in [7, 11) is 0. The lowest BCUT2D eigenvalue weighted by Crippen LogP contribution is -2.24. The molecule has 0 spiro atoms. The van der Waals surface area contributed by atoms with Crippen molar-refractivity contribution in [3.8, 4) is 0 Å². The maximum Gasteiger partial charge on any atom is 0.336 e. The van der Waals surface area contributed by atoms with Crippen molar-refractivity contribution in [2.75, 3.05) is 11.4 Å². The van der Waals surface area contributed by atoms with Crippen molar-refractivity contribution in [3.63, 3.8) is 0 Å². The summed E-state index contributed by atoms with van der Waals surface area (Å²) in [4.78, 5) is 24.8. The van der Waals surface area contributed by atoms with Crippen LogP contribution in [0.15, 0.2) is 52.2 Å². The molecule has 2 heterocycles. The van der Waals surface area contributed by atoms with Crippen LogP contribution in [0.5, 0.6) is 0 Å². The molecular formula is C15H13NO3. The first-order valence-electron chi connectivity index (χ1n) is 6.14. The summed E-state index contributed by atoms with van der Waals surface area (Å²) in [6.07, 6.45) is 2.32. The standard InChI is InChI=1S/C15H13NO3/c1-2-10-7-14(17)16(9-10)12-4-5-13-11(8-12)3-6-15(18)19-13/h2-6,8,10H,1,7,9H2. The van der Waals surface area contributed by atoms with Crippen LogP contribution in [-0.2, 0) is 4.79 Å². The Balaban J connectivity index is 2.02. The third-order valence-corrected chi connectivity index (χ3v) is 3.40. The van der Waals surface area contributed by atoms with Crippen molar-refractivity contribution in [3.05, 3.63) is 53.4 Å². The molecule has 1 atom stereocenters. The molecule has 0 aliphatic carbocycles. The van der Waals surface area contributed by atoms with Gasteiger partial charge in [-0.25, -0.2) is 4.79 Å². The van der Waals surface area contributed by atoms with Crippen LogP contribution in [0.4, 0.5) is 5.69 Å². The first-order chi connectivity index (χ1) is 9.17. The molecule has 0 bridgehead atoms. The largest absolute Gasteiger partial charge is 0.423 e. The number of carbonyl (C=O) groups excluding carboxylic acids is 1. The van der Waals surface area contributed by atoms with Gasteiger partial charge in [-0.2, -0.15) is 0 Å². The number of amides is 1. The molecule has 1 aromatic carbocycles. The topological polar surface area (TPSA) is 50.5 Å². The van der Waals surface area contributed by atoms with Crippen LogP contribution in [0.25, 0.3) is 11.0 Å². The molecule has 0 N–H and O–H groups in total. The Morgan fingerprint density at radius 3 is 2.84 bits per heavy atom. The van der Waals surface area contributed by atoms with Crippen LogP contribution in [0.2, 0.25) is 0 Å². The van der Waals surface area contributed by atoms with Crippen molar-refractivity contribution in [2.24, 2.45) is 5.92 Å². The molecule has 1 amide bonds. The van der Waals surface area contributed by atoms with Crippen LogP contribution >= 0.6 is 0 Å². The first-order valence-corrected chi connectivity index (χ1v) is 6.14. The number of rotatable bonds is 2. The molecule has 2 aromatic rings. The monoisotopic (exact) mass is 255 g/mol. The zero-order valence-electron chi connectivity index (χ0n) is 10.3. The highest BCUT2D eigenvalue weighted by molar-refractivity contribution is 5.97. The van der Waals surface area contributed by atoms with E-state index in [9.17, 15) is 9.59 Å². The van der Waals surface area contributed by atoms with Crippen molar-refractivity contribution >= 4 is 22.6 Å². The third kappa shape index (κ3) is 2.05. The Bertz CT molecular complexity index is 717. The fourth-order valence-corrected chi connectivity index (χ4v) is 2.37. The molecule has 4 heteroatoms. The highest BCUT2D eigenvalue weighted by atomic mass is 16.4. The normalized spacial score (nSPS) is 19.1. The molecule has 1 aromatic heterocycles. The van der Waals surface area contributed by atoms with Gasteiger partial charge in [0, 0.05) is 36.0 Å². The second-order valence-electron chi connectivity index (χ2n) is 4.68. The Morgan fingerprint density at radius 2 is 2.11 bits per heavy atom. The lowest BCUT2D eigenvalue weighted by molar-refractivity contribution is -0.117. The maximum atomic E-state index is 11.9. The van der Waals surface area contributed by atoms with Gasteiger partial charge in [0.25, 0.3) is 0 Å². The van der Waals surface area contributed by atoms with E-state index in [2.05, 4.69) is 6.58 Å². The molecular weight excluding hydrogens is 242 g/mol. The zero-order chi connectivity index (χ0) is 13.4. The minimum absolute atomic E-state index is 0.0987. The molecule has 4 nitrogen and oxygen atoms in total. The SMILES string of the molecule is C=CC1CC(=O)N(c2ccc3oc(=O)ccc3c2)C1. The Morgan fingerprint density at radius 1 is 1.26 bits per heavy atom. The van der Waals surface area contributed by atoms with E-state index in [0.29, 0.717) is 18.5 Å². The molecule has 1 aliphatic heterocycles. The summed E-state index contributed by atoms with van der Waals surface area (Å²) in [6, 6.07) is 8.47. The average molecular weight is 255 g/mol. The minimum atomic E-state index is -0.371. The molecule has 0 radical (unpaired) electrons. The van der Waals surface area contributed by atoms with Crippen molar-refractivity contribution in [1.82, 2.24) is 0 Å². The van der Waals surface area contributed by atoms with Gasteiger partial charge in [0.2, 0.25) is 5.91 Å². The van der Waals surface area contributed by atoms with Gasteiger partial charge in [-0.1, -0.05) is 6.08 Å². The lowest BCUT2D eigenvalue weighted by Gasteiger charge is -2.16. The van der Waals surface area contributed by atoms with Gasteiger partial charge in [0.05, 0.1) is 0 Å². The molecule has 19 heavy (non-hydrogen) atoms. The summed E-state index contributed by atoms with van der Waals surface area (Å²) < 4.78 is 5.07. The summed E-state index contributed by atoms with van der Waals surface area (Å²) in [5.41, 5.74) is 0.989. The van der Waals surface area contributed by atoms with E-state index in [0.717, 1.165) is 11.1 Å². The number of fused-ring (bicyclic) bond motifs is 1. The van der Waals surface area contributed by atoms with Crippen molar-refractivity contribution < 1.29 is 9.21 Å². The van der Waals surface area contributed by atoms with Crippen molar-refractivity contribution in [1.29, 1.82) is 0 Å². The van der Waals surface area contributed by atoms with Gasteiger partial charge in [-0.05, 0) is 24.3 Å². The van der Waals surface area contributed by atoms with E-state index >= 15 is 0 Å². The minimum Gasteiger partial charge on any atom is -0.423 e. The predicted octanol–water partition coefficient (Wildman–Crippen LogP) is 2.33. The molecule has 1 unspecified atom stereocenters. The van der Waals surface area contributed by atoms with Crippen LogP contribution < -0.4 is 10.5 Å². The van der Waals surface area contributed by atoms with E-state index in [1.54, 1.807) is 23.1 Å². The molecule has 1 fully saturated rings. The molecule has 96 valence electrons. The first kappa shape index (κ1) is 11.7. The van der Waals surface area contributed by atoms with Gasteiger partial charge >= 0.3 is 5.63 Å². The van der Waals surface area contributed by atoms with E-state index in [4.69, 9.17) is 4.42 Å². The van der Waals surface area contributed by atoms with Crippen LogP contribution in [0.3, 0.4) is 0 Å². The number of anilines is 1. The second kappa shape index (κ2) is 4.39. The predicted molar refractivity (Wildman–Crippen MR) is 73.1 cm³/mol. The fourth-order valence-electron chi connectivity index (χ4n) is 2.37. The quantitative estimate of drug-likeness (QED) is 0.611. The van der Waals surface area contributed by atoms with E-state index < -0.39 is 0 Å². The fraction of sp³-hybridized carbons (Fsp3) is 0.200. The highest BCUT2D eigenvalue weighted by Gasteiger charge is 2.28. The number of hydrogen-bond acceptors (Lipinski definition) is 3. The summed E-state index contributed by atoms with van der Waals surface area (Å²) >= 11 is 0. The van der Waals surface area contributed by atoms with E-state index in [1.807, 2.05) is 12.1 Å². The van der Waals surface area contributed by atoms with Gasteiger partial charge in [-0.15, -0.1) is 6.58 Å². The zero-order valence-corrected chi connectivity index (χ0v) is 10.3. The maximum absolute atomic E-state index is 11.9. The Kier molecular flexibility index (Phi) is 2.71. The Labute approximate surface area is 109 Å². The summed E-state index contributed by atoms with van der Waals surface area (Å²) in [5, 5.41) is 0.812. The van der Waals surface area contributed by atoms with E-state index in [1.165, 1.54) is 6.07 Å². The highest BCUT2D eigenvalue weighted by Crippen LogP contribution is 2.27. The van der Waals surface area contributed by atoms with Gasteiger partial charge in [-0.3, -0.25) is 4.79 Å². The Hall–Kier alpha value is -2.36.